The molecular weight excluding hydrogens is 174 g/mol. The first-order valence-electron chi connectivity index (χ1n) is 5.95. The van der Waals surface area contributed by atoms with E-state index in [4.69, 9.17) is 4.74 Å². The Hall–Kier alpha value is -0.0800. The van der Waals surface area contributed by atoms with Crippen LogP contribution in [0.5, 0.6) is 0 Å². The topological polar surface area (TPSA) is 21.3 Å². The summed E-state index contributed by atoms with van der Waals surface area (Å²) in [6.07, 6.45) is 4.96. The minimum atomic E-state index is 0.658. The highest BCUT2D eigenvalue weighted by molar-refractivity contribution is 4.63. The fourth-order valence-corrected chi connectivity index (χ4v) is 1.53. The number of hydrogen-bond acceptors (Lipinski definition) is 2. The third kappa shape index (κ3) is 8.52. The molecule has 0 saturated carbocycles. The minimum absolute atomic E-state index is 0.658. The Kier molecular flexibility index (Phi) is 9.42. The molecule has 0 aromatic rings. The van der Waals surface area contributed by atoms with Crippen molar-refractivity contribution in [3.63, 3.8) is 0 Å². The summed E-state index contributed by atoms with van der Waals surface area (Å²) in [5.74, 6) is 0.658. The molecule has 0 radical (unpaired) electrons. The molecule has 1 N–H and O–H groups in total. The molecule has 0 fully saturated rings. The van der Waals surface area contributed by atoms with Gasteiger partial charge >= 0.3 is 0 Å². The molecule has 1 atom stereocenters. The van der Waals surface area contributed by atoms with Crippen LogP contribution >= 0.6 is 0 Å². The predicted octanol–water partition coefficient (Wildman–Crippen LogP) is 2.83. The van der Waals surface area contributed by atoms with Gasteiger partial charge in [-0.3, -0.25) is 0 Å². The number of hydrogen-bond donors (Lipinski definition) is 1. The zero-order valence-electron chi connectivity index (χ0n) is 10.3. The molecule has 1 unspecified atom stereocenters. The van der Waals surface area contributed by atoms with Gasteiger partial charge in [-0.25, -0.2) is 0 Å². The average Bonchev–Trinajstić information content (AvgIpc) is 2.15. The average molecular weight is 201 g/mol. The molecule has 0 bridgehead atoms. The molecule has 0 aliphatic rings. The Bertz CT molecular complexity index is 115. The van der Waals surface area contributed by atoms with Crippen LogP contribution in [-0.4, -0.2) is 26.3 Å². The van der Waals surface area contributed by atoms with E-state index in [1.807, 2.05) is 0 Å². The van der Waals surface area contributed by atoms with Gasteiger partial charge in [0.25, 0.3) is 0 Å². The van der Waals surface area contributed by atoms with Gasteiger partial charge in [0, 0.05) is 19.3 Å². The Morgan fingerprint density at radius 2 is 1.93 bits per heavy atom. The van der Waals surface area contributed by atoms with E-state index >= 15 is 0 Å². The maximum atomic E-state index is 5.54. The second-order valence-electron chi connectivity index (χ2n) is 4.39. The molecule has 0 spiro atoms. The summed E-state index contributed by atoms with van der Waals surface area (Å²) >= 11 is 0. The molecule has 0 aromatic heterocycles. The summed E-state index contributed by atoms with van der Waals surface area (Å²) in [5.41, 5.74) is 0. The molecule has 0 aliphatic carbocycles. The van der Waals surface area contributed by atoms with E-state index in [0.29, 0.717) is 12.0 Å². The number of nitrogens with one attached hydrogen (secondary N) is 1. The first-order chi connectivity index (χ1) is 6.70. The van der Waals surface area contributed by atoms with Crippen molar-refractivity contribution in [2.24, 2.45) is 5.92 Å². The summed E-state index contributed by atoms with van der Waals surface area (Å²) in [6, 6.07) is 0.683. The van der Waals surface area contributed by atoms with Crippen molar-refractivity contribution in [1.82, 2.24) is 5.32 Å². The van der Waals surface area contributed by atoms with Crippen LogP contribution in [0.15, 0.2) is 0 Å². The van der Waals surface area contributed by atoms with Gasteiger partial charge in [0.05, 0.1) is 0 Å². The quantitative estimate of drug-likeness (QED) is 0.579. The fraction of sp³-hybridized carbons (Fsp3) is 1.00. The lowest BCUT2D eigenvalue weighted by atomic mass is 10.1. The van der Waals surface area contributed by atoms with Crippen LogP contribution in [0.3, 0.4) is 0 Å². The second kappa shape index (κ2) is 9.47. The largest absolute Gasteiger partial charge is 0.381 e. The van der Waals surface area contributed by atoms with E-state index < -0.39 is 0 Å². The summed E-state index contributed by atoms with van der Waals surface area (Å²) in [5, 5.41) is 3.35. The normalized spacial score (nSPS) is 13.5. The fourth-order valence-electron chi connectivity index (χ4n) is 1.53. The summed E-state index contributed by atoms with van der Waals surface area (Å²) < 4.78 is 5.54. The van der Waals surface area contributed by atoms with Gasteiger partial charge in [-0.15, -0.1) is 0 Å². The van der Waals surface area contributed by atoms with Crippen LogP contribution in [-0.2, 0) is 4.74 Å². The van der Waals surface area contributed by atoms with E-state index in [1.165, 1.54) is 25.7 Å². The maximum absolute atomic E-state index is 5.54. The van der Waals surface area contributed by atoms with Crippen molar-refractivity contribution in [3.05, 3.63) is 0 Å². The zero-order chi connectivity index (χ0) is 10.8. The van der Waals surface area contributed by atoms with E-state index in [0.717, 1.165) is 13.2 Å². The molecule has 2 heteroatoms. The smallest absolute Gasteiger partial charge is 0.0488 e. The monoisotopic (exact) mass is 201 g/mol. The van der Waals surface area contributed by atoms with Gasteiger partial charge in [0.1, 0.15) is 0 Å². The van der Waals surface area contributed by atoms with E-state index in [1.54, 1.807) is 0 Å². The van der Waals surface area contributed by atoms with E-state index in [9.17, 15) is 0 Å². The van der Waals surface area contributed by atoms with E-state index in [2.05, 4.69) is 33.1 Å². The third-order valence-corrected chi connectivity index (χ3v) is 2.34. The van der Waals surface area contributed by atoms with Crippen LogP contribution in [0, 0.1) is 5.92 Å². The number of ether oxygens (including phenoxy) is 1. The molecular formula is C12H27NO. The highest BCUT2D eigenvalue weighted by atomic mass is 16.5. The van der Waals surface area contributed by atoms with Crippen LogP contribution < -0.4 is 5.32 Å². The highest BCUT2D eigenvalue weighted by Gasteiger charge is 2.03. The van der Waals surface area contributed by atoms with Gasteiger partial charge < -0.3 is 10.1 Å². The van der Waals surface area contributed by atoms with Crippen LogP contribution in [0.25, 0.3) is 0 Å². The standard InChI is InChI=1S/C12H27NO/c1-5-7-12(13-4)8-6-9-14-10-11(2)3/h11-13H,5-10H2,1-4H3. The van der Waals surface area contributed by atoms with Crippen LogP contribution in [0.2, 0.25) is 0 Å². The molecule has 0 aromatic carbocycles. The van der Waals surface area contributed by atoms with Gasteiger partial charge in [0.2, 0.25) is 0 Å². The first-order valence-corrected chi connectivity index (χ1v) is 5.95. The van der Waals surface area contributed by atoms with Crippen molar-refractivity contribution in [2.45, 2.75) is 52.5 Å². The maximum Gasteiger partial charge on any atom is 0.0488 e. The van der Waals surface area contributed by atoms with Crippen molar-refractivity contribution in [3.8, 4) is 0 Å². The van der Waals surface area contributed by atoms with Crippen molar-refractivity contribution in [1.29, 1.82) is 0 Å². The van der Waals surface area contributed by atoms with Gasteiger partial charge in [-0.2, -0.15) is 0 Å². The van der Waals surface area contributed by atoms with Crippen molar-refractivity contribution in [2.75, 3.05) is 20.3 Å². The summed E-state index contributed by atoms with van der Waals surface area (Å²) in [4.78, 5) is 0. The predicted molar refractivity (Wildman–Crippen MR) is 62.6 cm³/mol. The SMILES string of the molecule is CCCC(CCCOCC(C)C)NC. The van der Waals surface area contributed by atoms with E-state index in [-0.39, 0.29) is 0 Å². The van der Waals surface area contributed by atoms with Crippen molar-refractivity contribution < 1.29 is 4.74 Å². The van der Waals surface area contributed by atoms with Crippen LogP contribution in [0.1, 0.15) is 46.5 Å². The molecule has 0 saturated heterocycles. The molecule has 86 valence electrons. The number of rotatable bonds is 9. The van der Waals surface area contributed by atoms with Gasteiger partial charge in [-0.05, 0) is 32.2 Å². The summed E-state index contributed by atoms with van der Waals surface area (Å²) in [7, 11) is 2.05. The minimum Gasteiger partial charge on any atom is -0.381 e. The first kappa shape index (κ1) is 13.9. The van der Waals surface area contributed by atoms with Gasteiger partial charge in [0.15, 0.2) is 0 Å². The Morgan fingerprint density at radius 3 is 2.43 bits per heavy atom. The lowest BCUT2D eigenvalue weighted by Gasteiger charge is -2.15. The lowest BCUT2D eigenvalue weighted by Crippen LogP contribution is -2.25. The Morgan fingerprint density at radius 1 is 1.21 bits per heavy atom. The Balaban J connectivity index is 3.24. The van der Waals surface area contributed by atoms with Crippen LogP contribution in [0.4, 0.5) is 0 Å². The molecule has 14 heavy (non-hydrogen) atoms. The second-order valence-corrected chi connectivity index (χ2v) is 4.39. The lowest BCUT2D eigenvalue weighted by molar-refractivity contribution is 0.105. The molecule has 0 aliphatic heterocycles. The highest BCUT2D eigenvalue weighted by Crippen LogP contribution is 2.04. The third-order valence-electron chi connectivity index (χ3n) is 2.34. The van der Waals surface area contributed by atoms with Gasteiger partial charge in [-0.1, -0.05) is 27.2 Å². The zero-order valence-corrected chi connectivity index (χ0v) is 10.3. The molecule has 0 heterocycles. The molecule has 0 rings (SSSR count). The summed E-state index contributed by atoms with van der Waals surface area (Å²) in [6.45, 7) is 8.43. The molecule has 2 nitrogen and oxygen atoms in total. The van der Waals surface area contributed by atoms with Crippen molar-refractivity contribution >= 4 is 0 Å². The Labute approximate surface area is 89.4 Å². The molecule has 0 amide bonds.